The molecular formula is C34H63N3O9Si. The second-order valence-electron chi connectivity index (χ2n) is 15.9. The molecule has 5 atom stereocenters. The summed E-state index contributed by atoms with van der Waals surface area (Å²) >= 11 is 0. The van der Waals surface area contributed by atoms with Crippen LogP contribution in [0.5, 0.6) is 0 Å². The quantitative estimate of drug-likeness (QED) is 0.0718. The van der Waals surface area contributed by atoms with Gasteiger partial charge in [0, 0.05) is 34.2 Å². The van der Waals surface area contributed by atoms with E-state index in [1.807, 2.05) is 20.8 Å². The molecule has 0 aromatic carbocycles. The predicted molar refractivity (Wildman–Crippen MR) is 183 cm³/mol. The van der Waals surface area contributed by atoms with E-state index < -0.39 is 55.9 Å². The summed E-state index contributed by atoms with van der Waals surface area (Å²) in [5.41, 5.74) is -0.841. The first kappa shape index (κ1) is 42.3. The lowest BCUT2D eigenvalue weighted by atomic mass is 9.97. The number of ether oxygens (including phenoxy) is 4. The number of alkyl carbamates (subject to hydrolysis) is 1. The first-order valence-corrected chi connectivity index (χ1v) is 20.8. The molecule has 3 amide bonds. The zero-order chi connectivity index (χ0) is 36.3. The van der Waals surface area contributed by atoms with Crippen molar-refractivity contribution in [2.45, 2.75) is 144 Å². The highest BCUT2D eigenvalue weighted by Gasteiger charge is 2.42. The van der Waals surface area contributed by atoms with Crippen LogP contribution in [0, 0.1) is 17.8 Å². The summed E-state index contributed by atoms with van der Waals surface area (Å²) in [6.45, 7) is 23.6. The third kappa shape index (κ3) is 15.4. The van der Waals surface area contributed by atoms with Crippen molar-refractivity contribution < 1.29 is 42.9 Å². The second-order valence-corrected chi connectivity index (χ2v) is 21.5. The summed E-state index contributed by atoms with van der Waals surface area (Å²) in [6, 6.07) is -2.18. The maximum absolute atomic E-state index is 13.8. The maximum Gasteiger partial charge on any atom is 0.408 e. The van der Waals surface area contributed by atoms with Crippen LogP contribution in [0.1, 0.15) is 88.0 Å². The normalized spacial score (nSPS) is 17.9. The molecule has 0 aliphatic carbocycles. The molecule has 47 heavy (non-hydrogen) atoms. The fourth-order valence-corrected chi connectivity index (χ4v) is 6.14. The van der Waals surface area contributed by atoms with Crippen molar-refractivity contribution >= 4 is 37.9 Å². The number of hydrogen-bond donors (Lipinski definition) is 1. The molecule has 0 aromatic rings. The Bertz CT molecular complexity index is 1050. The Labute approximate surface area is 283 Å². The van der Waals surface area contributed by atoms with Gasteiger partial charge in [0.05, 0.1) is 0 Å². The zero-order valence-electron chi connectivity index (χ0n) is 31.3. The van der Waals surface area contributed by atoms with E-state index in [1.165, 1.54) is 11.8 Å². The van der Waals surface area contributed by atoms with Crippen LogP contribution in [0.2, 0.25) is 25.7 Å². The zero-order valence-corrected chi connectivity index (χ0v) is 32.3. The maximum atomic E-state index is 13.8. The van der Waals surface area contributed by atoms with Crippen molar-refractivity contribution in [1.82, 2.24) is 15.1 Å². The first-order chi connectivity index (χ1) is 21.5. The number of nitrogens with one attached hydrogen (secondary N) is 1. The molecule has 1 saturated heterocycles. The Morgan fingerprint density at radius 3 is 2.06 bits per heavy atom. The molecule has 1 aliphatic rings. The monoisotopic (exact) mass is 685 g/mol. The van der Waals surface area contributed by atoms with Crippen LogP contribution in [0.25, 0.3) is 0 Å². The molecule has 12 nitrogen and oxygen atoms in total. The van der Waals surface area contributed by atoms with Crippen molar-refractivity contribution in [1.29, 1.82) is 0 Å². The molecule has 0 unspecified atom stereocenters. The summed E-state index contributed by atoms with van der Waals surface area (Å²) in [4.78, 5) is 69.7. The number of hydrogen-bond acceptors (Lipinski definition) is 9. The molecule has 1 rings (SSSR count). The topological polar surface area (TPSA) is 141 Å². The lowest BCUT2D eigenvalue weighted by Crippen LogP contribution is -2.55. The van der Waals surface area contributed by atoms with Gasteiger partial charge in [-0.15, -0.1) is 0 Å². The highest BCUT2D eigenvalue weighted by atomic mass is 28.3. The number of esters is 2. The van der Waals surface area contributed by atoms with E-state index in [-0.39, 0.29) is 36.9 Å². The van der Waals surface area contributed by atoms with Gasteiger partial charge in [-0.05, 0) is 71.3 Å². The van der Waals surface area contributed by atoms with Gasteiger partial charge < -0.3 is 34.1 Å². The van der Waals surface area contributed by atoms with Crippen LogP contribution in [0.3, 0.4) is 0 Å². The van der Waals surface area contributed by atoms with Gasteiger partial charge in [0.15, 0.2) is 12.8 Å². The summed E-state index contributed by atoms with van der Waals surface area (Å²) in [7, 11) is 0.193. The predicted octanol–water partition coefficient (Wildman–Crippen LogP) is 5.21. The van der Waals surface area contributed by atoms with Crippen LogP contribution in [0.15, 0.2) is 0 Å². The molecule has 0 bridgehead atoms. The lowest BCUT2D eigenvalue weighted by Gasteiger charge is -2.34. The fraction of sp³-hybridized carbons (Fsp3) is 0.853. The van der Waals surface area contributed by atoms with Crippen molar-refractivity contribution in [2.24, 2.45) is 17.8 Å². The Balaban J connectivity index is 3.13. The van der Waals surface area contributed by atoms with E-state index in [0.29, 0.717) is 31.9 Å². The van der Waals surface area contributed by atoms with Gasteiger partial charge in [-0.3, -0.25) is 9.59 Å². The number of amides is 3. The Morgan fingerprint density at radius 1 is 0.936 bits per heavy atom. The van der Waals surface area contributed by atoms with Gasteiger partial charge in [0.2, 0.25) is 11.8 Å². The number of nitrogens with zero attached hydrogens (tertiary/aromatic N) is 2. The van der Waals surface area contributed by atoms with Crippen molar-refractivity contribution in [3.63, 3.8) is 0 Å². The molecule has 13 heteroatoms. The van der Waals surface area contributed by atoms with E-state index in [2.05, 4.69) is 38.8 Å². The Morgan fingerprint density at radius 2 is 1.53 bits per heavy atom. The Kier molecular flexibility index (Phi) is 16.9. The average Bonchev–Trinajstić information content (AvgIpc) is 3.40. The van der Waals surface area contributed by atoms with Crippen LogP contribution in [-0.4, -0.2) is 105 Å². The second kappa shape index (κ2) is 18.8. The Hall–Kier alpha value is -2.67. The molecule has 1 heterocycles. The first-order valence-electron chi connectivity index (χ1n) is 17.1. The highest BCUT2D eigenvalue weighted by molar-refractivity contribution is 6.76. The largest absolute Gasteiger partial charge is 0.458 e. The minimum Gasteiger partial charge on any atom is -0.458 e. The molecule has 1 fully saturated rings. The minimum atomic E-state index is -1.40. The number of likely N-dealkylation sites (tertiary alicyclic amines) is 1. The molecule has 0 radical (unpaired) electrons. The lowest BCUT2D eigenvalue weighted by molar-refractivity contribution is -0.169. The van der Waals surface area contributed by atoms with Gasteiger partial charge in [0.1, 0.15) is 23.8 Å². The summed E-state index contributed by atoms with van der Waals surface area (Å²) in [5, 5.41) is 2.48. The SMILES string of the molecule is CC(C)C[C@H](C)C(=O)N1CCC[C@H]1C(=O)N(C)[C@@H](CC(C)C)C(=O)O[C@H](C)[C@H](NC(=O)OC(C)(C)C)C(=O)OCOCC[Si](C)(C)C. The third-order valence-corrected chi connectivity index (χ3v) is 9.53. The molecule has 0 aromatic heterocycles. The van der Waals surface area contributed by atoms with E-state index in [0.717, 1.165) is 12.5 Å². The number of rotatable bonds is 17. The van der Waals surface area contributed by atoms with E-state index >= 15 is 0 Å². The number of carbonyl (C=O) groups is 5. The van der Waals surface area contributed by atoms with E-state index in [4.69, 9.17) is 18.9 Å². The number of carbonyl (C=O) groups excluding carboxylic acids is 5. The summed E-state index contributed by atoms with van der Waals surface area (Å²) in [5.74, 6) is -1.84. The molecular weight excluding hydrogens is 622 g/mol. The van der Waals surface area contributed by atoms with Crippen LogP contribution < -0.4 is 5.32 Å². The van der Waals surface area contributed by atoms with Gasteiger partial charge in [-0.2, -0.15) is 0 Å². The third-order valence-electron chi connectivity index (χ3n) is 7.83. The van der Waals surface area contributed by atoms with Crippen LogP contribution >= 0.6 is 0 Å². The molecule has 0 spiro atoms. The average molecular weight is 686 g/mol. The van der Waals surface area contributed by atoms with Gasteiger partial charge >= 0.3 is 18.0 Å². The van der Waals surface area contributed by atoms with Gasteiger partial charge in [-0.1, -0.05) is 54.3 Å². The minimum absolute atomic E-state index is 0.0134. The van der Waals surface area contributed by atoms with Gasteiger partial charge in [0.25, 0.3) is 0 Å². The van der Waals surface area contributed by atoms with Crippen molar-refractivity contribution in [3.05, 3.63) is 0 Å². The summed E-state index contributed by atoms with van der Waals surface area (Å²) < 4.78 is 21.9. The number of likely N-dealkylation sites (N-methyl/N-ethyl adjacent to an activating group) is 1. The smallest absolute Gasteiger partial charge is 0.408 e. The molecule has 1 N–H and O–H groups in total. The van der Waals surface area contributed by atoms with Crippen LogP contribution in [0.4, 0.5) is 4.79 Å². The van der Waals surface area contributed by atoms with Crippen molar-refractivity contribution in [2.75, 3.05) is 27.0 Å². The standard InChI is InChI=1S/C34H63N3O9Si/c1-22(2)19-24(5)29(38)37-16-14-15-26(37)30(39)36(10)27(20-23(3)4)31(40)45-25(6)28(35-33(42)46-34(7,8)9)32(41)44-21-43-17-18-47(11,12)13/h22-28H,14-21H2,1-13H3,(H,35,42)/t24-,25+,26-,27-,28-/m0/s1. The van der Waals surface area contributed by atoms with Crippen molar-refractivity contribution in [3.8, 4) is 0 Å². The molecule has 0 saturated carbocycles. The van der Waals surface area contributed by atoms with Gasteiger partial charge in [-0.25, -0.2) is 14.4 Å². The molecule has 272 valence electrons. The fourth-order valence-electron chi connectivity index (χ4n) is 5.38. The van der Waals surface area contributed by atoms with E-state index in [9.17, 15) is 24.0 Å². The van der Waals surface area contributed by atoms with E-state index in [1.54, 1.807) is 32.7 Å². The van der Waals surface area contributed by atoms with Crippen LogP contribution in [-0.2, 0) is 38.1 Å². The summed E-state index contributed by atoms with van der Waals surface area (Å²) in [6.07, 6.45) is 0.157. The molecule has 1 aliphatic heterocycles. The highest BCUT2D eigenvalue weighted by Crippen LogP contribution is 2.26.